The van der Waals surface area contributed by atoms with Gasteiger partial charge in [-0.25, -0.2) is 0 Å². The zero-order chi connectivity index (χ0) is 13.2. The van der Waals surface area contributed by atoms with Crippen molar-refractivity contribution < 1.29 is 0 Å². The molecule has 3 nitrogen and oxygen atoms in total. The predicted octanol–water partition coefficient (Wildman–Crippen LogP) is 3.07. The summed E-state index contributed by atoms with van der Waals surface area (Å²) in [5, 5.41) is 1.24. The summed E-state index contributed by atoms with van der Waals surface area (Å²) >= 11 is 0. The highest BCUT2D eigenvalue weighted by Gasteiger charge is 2.26. The Bertz CT molecular complexity index is 579. The number of hydrogen-bond acceptors (Lipinski definition) is 3. The highest BCUT2D eigenvalue weighted by atomic mass is 15.2. The maximum Gasteiger partial charge on any atom is 0.0723 e. The first-order chi connectivity index (χ1) is 9.35. The zero-order valence-corrected chi connectivity index (χ0v) is 11.5. The van der Waals surface area contributed by atoms with E-state index in [1.165, 1.54) is 35.9 Å². The Morgan fingerprint density at radius 3 is 3.00 bits per heavy atom. The second kappa shape index (κ2) is 5.17. The molecule has 19 heavy (non-hydrogen) atoms. The Kier molecular flexibility index (Phi) is 3.38. The minimum Gasteiger partial charge on any atom is -0.368 e. The van der Waals surface area contributed by atoms with Crippen LogP contribution in [0.3, 0.4) is 0 Å². The average molecular weight is 255 g/mol. The molecule has 0 saturated carbocycles. The van der Waals surface area contributed by atoms with Gasteiger partial charge in [-0.2, -0.15) is 0 Å². The number of hydrogen-bond donors (Lipinski definition) is 1. The Balaban J connectivity index is 2.19. The van der Waals surface area contributed by atoms with Crippen LogP contribution in [0.15, 0.2) is 30.5 Å². The molecule has 3 heteroatoms. The minimum atomic E-state index is 0.556. The van der Waals surface area contributed by atoms with Crippen LogP contribution in [0.2, 0.25) is 0 Å². The van der Waals surface area contributed by atoms with E-state index in [0.29, 0.717) is 12.6 Å². The van der Waals surface area contributed by atoms with E-state index in [1.54, 1.807) is 0 Å². The lowest BCUT2D eigenvalue weighted by atomic mass is 10.1. The molecule has 3 rings (SSSR count). The Morgan fingerprint density at radius 1 is 1.37 bits per heavy atom. The second-order valence-electron chi connectivity index (χ2n) is 5.25. The second-order valence-corrected chi connectivity index (χ2v) is 5.25. The van der Waals surface area contributed by atoms with E-state index in [1.807, 2.05) is 12.3 Å². The lowest BCUT2D eigenvalue weighted by Crippen LogP contribution is -2.30. The lowest BCUT2D eigenvalue weighted by Gasteiger charge is -2.29. The Morgan fingerprint density at radius 2 is 2.21 bits per heavy atom. The first-order valence-electron chi connectivity index (χ1n) is 7.18. The van der Waals surface area contributed by atoms with Gasteiger partial charge in [-0.1, -0.05) is 25.1 Å². The van der Waals surface area contributed by atoms with Crippen molar-refractivity contribution in [2.75, 3.05) is 11.4 Å². The molecule has 1 aliphatic rings. The highest BCUT2D eigenvalue weighted by Crippen LogP contribution is 2.35. The third kappa shape index (κ3) is 2.08. The summed E-state index contributed by atoms with van der Waals surface area (Å²) in [5.74, 6) is 0. The van der Waals surface area contributed by atoms with Gasteiger partial charge in [0.05, 0.1) is 11.2 Å². The van der Waals surface area contributed by atoms with Crippen LogP contribution < -0.4 is 10.6 Å². The van der Waals surface area contributed by atoms with E-state index >= 15 is 0 Å². The lowest BCUT2D eigenvalue weighted by molar-refractivity contribution is 0.645. The fourth-order valence-corrected chi connectivity index (χ4v) is 3.21. The van der Waals surface area contributed by atoms with Crippen molar-refractivity contribution in [3.05, 3.63) is 36.0 Å². The van der Waals surface area contributed by atoms with E-state index in [-0.39, 0.29) is 0 Å². The molecule has 2 aromatic rings. The predicted molar refractivity (Wildman–Crippen MR) is 80.3 cm³/mol. The van der Waals surface area contributed by atoms with Crippen molar-refractivity contribution in [2.24, 2.45) is 5.73 Å². The van der Waals surface area contributed by atoms with Gasteiger partial charge in [0, 0.05) is 36.3 Å². The van der Waals surface area contributed by atoms with Crippen LogP contribution in [0.4, 0.5) is 5.69 Å². The molecule has 2 heterocycles. The van der Waals surface area contributed by atoms with Crippen molar-refractivity contribution in [2.45, 2.75) is 38.8 Å². The van der Waals surface area contributed by atoms with Gasteiger partial charge in [-0.3, -0.25) is 4.98 Å². The number of nitrogens with zero attached hydrogens (tertiary/aromatic N) is 2. The molecule has 2 N–H and O–H groups in total. The van der Waals surface area contributed by atoms with Gasteiger partial charge < -0.3 is 10.6 Å². The summed E-state index contributed by atoms with van der Waals surface area (Å²) in [6.45, 7) is 3.97. The van der Waals surface area contributed by atoms with Crippen molar-refractivity contribution >= 4 is 16.6 Å². The Hall–Kier alpha value is -1.61. The minimum absolute atomic E-state index is 0.556. The SMILES string of the molecule is CCC1CCCN1c1c(CN)cnc2ccccc12. The van der Waals surface area contributed by atoms with E-state index < -0.39 is 0 Å². The van der Waals surface area contributed by atoms with Gasteiger partial charge in [0.1, 0.15) is 0 Å². The van der Waals surface area contributed by atoms with Gasteiger partial charge in [-0.15, -0.1) is 0 Å². The summed E-state index contributed by atoms with van der Waals surface area (Å²) in [7, 11) is 0. The molecular formula is C16H21N3. The maximum atomic E-state index is 5.93. The Labute approximate surface area is 114 Å². The highest BCUT2D eigenvalue weighted by molar-refractivity contribution is 5.93. The van der Waals surface area contributed by atoms with Gasteiger partial charge >= 0.3 is 0 Å². The molecule has 100 valence electrons. The van der Waals surface area contributed by atoms with Crippen molar-refractivity contribution in [1.82, 2.24) is 4.98 Å². The van der Waals surface area contributed by atoms with Crippen LogP contribution in [-0.2, 0) is 6.54 Å². The summed E-state index contributed by atoms with van der Waals surface area (Å²) in [6, 6.07) is 9.03. The van der Waals surface area contributed by atoms with Gasteiger partial charge in [0.15, 0.2) is 0 Å². The first-order valence-corrected chi connectivity index (χ1v) is 7.18. The maximum absolute atomic E-state index is 5.93. The number of benzene rings is 1. The smallest absolute Gasteiger partial charge is 0.0723 e. The molecule has 1 atom stereocenters. The molecule has 0 bridgehead atoms. The quantitative estimate of drug-likeness (QED) is 0.916. The zero-order valence-electron chi connectivity index (χ0n) is 11.5. The monoisotopic (exact) mass is 255 g/mol. The molecule has 1 unspecified atom stereocenters. The summed E-state index contributed by atoms with van der Waals surface area (Å²) in [6.07, 6.45) is 5.71. The topological polar surface area (TPSA) is 42.1 Å². The van der Waals surface area contributed by atoms with Gasteiger partial charge in [-0.05, 0) is 25.3 Å². The van der Waals surface area contributed by atoms with Crippen LogP contribution in [0.25, 0.3) is 10.9 Å². The van der Waals surface area contributed by atoms with E-state index in [2.05, 4.69) is 35.0 Å². The van der Waals surface area contributed by atoms with Gasteiger partial charge in [0.25, 0.3) is 0 Å². The van der Waals surface area contributed by atoms with E-state index in [4.69, 9.17) is 5.73 Å². The summed E-state index contributed by atoms with van der Waals surface area (Å²) < 4.78 is 0. The van der Waals surface area contributed by atoms with Crippen molar-refractivity contribution in [1.29, 1.82) is 0 Å². The molecule has 0 spiro atoms. The molecule has 0 radical (unpaired) electrons. The number of fused-ring (bicyclic) bond motifs is 1. The van der Waals surface area contributed by atoms with Crippen LogP contribution in [0.1, 0.15) is 31.7 Å². The number of pyridine rings is 1. The van der Waals surface area contributed by atoms with E-state index in [0.717, 1.165) is 12.1 Å². The number of aromatic nitrogens is 1. The largest absolute Gasteiger partial charge is 0.368 e. The molecule has 0 aliphatic carbocycles. The third-order valence-electron chi connectivity index (χ3n) is 4.18. The molecule has 0 amide bonds. The third-order valence-corrected chi connectivity index (χ3v) is 4.18. The van der Waals surface area contributed by atoms with Crippen molar-refractivity contribution in [3.63, 3.8) is 0 Å². The van der Waals surface area contributed by atoms with Crippen LogP contribution in [0, 0.1) is 0 Å². The standard InChI is InChI=1S/C16H21N3/c1-2-13-6-5-9-19(13)16-12(10-17)11-18-15-8-4-3-7-14(15)16/h3-4,7-8,11,13H,2,5-6,9-10,17H2,1H3. The molecule has 1 aromatic carbocycles. The number of anilines is 1. The molecular weight excluding hydrogens is 234 g/mol. The fraction of sp³-hybridized carbons (Fsp3) is 0.438. The van der Waals surface area contributed by atoms with Crippen LogP contribution >= 0.6 is 0 Å². The summed E-state index contributed by atoms with van der Waals surface area (Å²) in [5.41, 5.74) is 9.48. The molecule has 1 aliphatic heterocycles. The van der Waals surface area contributed by atoms with Crippen molar-refractivity contribution in [3.8, 4) is 0 Å². The van der Waals surface area contributed by atoms with Crippen LogP contribution in [0.5, 0.6) is 0 Å². The number of rotatable bonds is 3. The average Bonchev–Trinajstić information content (AvgIpc) is 2.94. The van der Waals surface area contributed by atoms with Gasteiger partial charge in [0.2, 0.25) is 0 Å². The normalized spacial score (nSPS) is 19.3. The first kappa shape index (κ1) is 12.4. The number of nitrogens with two attached hydrogens (primary N) is 1. The fourth-order valence-electron chi connectivity index (χ4n) is 3.21. The number of para-hydroxylation sites is 1. The molecule has 1 aromatic heterocycles. The molecule has 1 saturated heterocycles. The summed E-state index contributed by atoms with van der Waals surface area (Å²) in [4.78, 5) is 7.08. The van der Waals surface area contributed by atoms with Crippen LogP contribution in [-0.4, -0.2) is 17.6 Å². The molecule has 1 fully saturated rings. The van der Waals surface area contributed by atoms with E-state index in [9.17, 15) is 0 Å².